The first-order chi connectivity index (χ1) is 9.81. The van der Waals surface area contributed by atoms with E-state index < -0.39 is 5.60 Å². The Kier molecular flexibility index (Phi) is 6.81. The van der Waals surface area contributed by atoms with Gasteiger partial charge in [-0.15, -0.1) is 0 Å². The Balaban J connectivity index is 2.35. The number of carbonyl (C=O) groups is 1. The van der Waals surface area contributed by atoms with Crippen LogP contribution in [0.4, 0.5) is 5.69 Å². The number of nitrogens with two attached hydrogens (primary N) is 1. The maximum Gasteiger partial charge on any atom is 0.224 e. The van der Waals surface area contributed by atoms with Gasteiger partial charge in [-0.25, -0.2) is 0 Å². The zero-order valence-corrected chi connectivity index (χ0v) is 13.2. The van der Waals surface area contributed by atoms with Crippen molar-refractivity contribution in [3.63, 3.8) is 0 Å². The Morgan fingerprint density at radius 3 is 2.67 bits per heavy atom. The van der Waals surface area contributed by atoms with Gasteiger partial charge in [0.2, 0.25) is 5.91 Å². The van der Waals surface area contributed by atoms with Crippen molar-refractivity contribution in [2.45, 2.75) is 38.8 Å². The number of likely N-dealkylation sites (N-methyl/N-ethyl adjacent to an activating group) is 1. The third-order valence-corrected chi connectivity index (χ3v) is 3.11. The van der Waals surface area contributed by atoms with Crippen LogP contribution in [0.25, 0.3) is 0 Å². The molecule has 0 bridgehead atoms. The molecule has 5 nitrogen and oxygen atoms in total. The van der Waals surface area contributed by atoms with Crippen molar-refractivity contribution in [1.29, 1.82) is 0 Å². The maximum absolute atomic E-state index is 11.9. The number of rotatable bonds is 8. The van der Waals surface area contributed by atoms with Gasteiger partial charge in [0, 0.05) is 25.2 Å². The van der Waals surface area contributed by atoms with Gasteiger partial charge in [0.1, 0.15) is 0 Å². The lowest BCUT2D eigenvalue weighted by Gasteiger charge is -2.25. The van der Waals surface area contributed by atoms with Crippen LogP contribution in [-0.2, 0) is 11.3 Å². The lowest BCUT2D eigenvalue weighted by Crippen LogP contribution is -2.36. The number of amides is 1. The Morgan fingerprint density at radius 1 is 1.38 bits per heavy atom. The molecule has 0 aliphatic carbocycles. The second-order valence-corrected chi connectivity index (χ2v) is 6.06. The van der Waals surface area contributed by atoms with Gasteiger partial charge in [0.25, 0.3) is 0 Å². The molecule has 0 aromatic heterocycles. The minimum Gasteiger partial charge on any atom is -0.389 e. The smallest absolute Gasteiger partial charge is 0.224 e. The molecular formula is C16H27N3O2. The normalized spacial score (nSPS) is 11.7. The molecule has 1 aromatic carbocycles. The maximum atomic E-state index is 11.9. The molecule has 0 saturated carbocycles. The van der Waals surface area contributed by atoms with E-state index in [1.165, 1.54) is 0 Å². The second kappa shape index (κ2) is 8.12. The van der Waals surface area contributed by atoms with Crippen molar-refractivity contribution in [1.82, 2.24) is 4.90 Å². The quantitative estimate of drug-likeness (QED) is 0.680. The molecule has 0 unspecified atom stereocenters. The van der Waals surface area contributed by atoms with Crippen LogP contribution in [0.1, 0.15) is 32.3 Å². The molecule has 0 heterocycles. The molecule has 0 saturated heterocycles. The fraction of sp³-hybridized carbons (Fsp3) is 0.562. The van der Waals surface area contributed by atoms with Crippen LogP contribution in [0.3, 0.4) is 0 Å². The predicted molar refractivity (Wildman–Crippen MR) is 86.0 cm³/mol. The van der Waals surface area contributed by atoms with E-state index in [0.717, 1.165) is 24.2 Å². The highest BCUT2D eigenvalue weighted by Crippen LogP contribution is 2.14. The highest BCUT2D eigenvalue weighted by atomic mass is 16.3. The van der Waals surface area contributed by atoms with E-state index in [2.05, 4.69) is 5.32 Å². The minimum atomic E-state index is -0.711. The van der Waals surface area contributed by atoms with Gasteiger partial charge in [-0.2, -0.15) is 0 Å². The van der Waals surface area contributed by atoms with Gasteiger partial charge in [0.05, 0.1) is 5.60 Å². The van der Waals surface area contributed by atoms with Crippen LogP contribution in [0.5, 0.6) is 0 Å². The van der Waals surface area contributed by atoms with E-state index in [-0.39, 0.29) is 5.91 Å². The molecule has 0 aliphatic rings. The first kappa shape index (κ1) is 17.6. The zero-order valence-electron chi connectivity index (χ0n) is 13.2. The van der Waals surface area contributed by atoms with Gasteiger partial charge in [-0.1, -0.05) is 18.2 Å². The summed E-state index contributed by atoms with van der Waals surface area (Å²) in [5.74, 6) is -0.00689. The van der Waals surface area contributed by atoms with Crippen molar-refractivity contribution in [3.05, 3.63) is 29.8 Å². The standard InChI is InChI=1S/C16H27N3O2/c1-16(2,21)12-19(3)10-6-9-15(20)18-14-8-5-4-7-13(14)11-17/h4-5,7-8,21H,6,9-12,17H2,1-3H3,(H,18,20). The second-order valence-electron chi connectivity index (χ2n) is 6.06. The van der Waals surface area contributed by atoms with Gasteiger partial charge in [-0.05, 0) is 45.5 Å². The first-order valence-corrected chi connectivity index (χ1v) is 7.30. The van der Waals surface area contributed by atoms with Gasteiger partial charge in [0.15, 0.2) is 0 Å². The van der Waals surface area contributed by atoms with E-state index in [1.54, 1.807) is 13.8 Å². The molecule has 1 rings (SSSR count). The lowest BCUT2D eigenvalue weighted by molar-refractivity contribution is -0.116. The van der Waals surface area contributed by atoms with Gasteiger partial charge >= 0.3 is 0 Å². The third kappa shape index (κ3) is 7.22. The van der Waals surface area contributed by atoms with E-state index in [9.17, 15) is 9.90 Å². The number of para-hydroxylation sites is 1. The third-order valence-electron chi connectivity index (χ3n) is 3.11. The molecule has 0 spiro atoms. The largest absolute Gasteiger partial charge is 0.389 e. The van der Waals surface area contributed by atoms with Crippen LogP contribution in [0, 0.1) is 0 Å². The van der Waals surface area contributed by atoms with Crippen molar-refractivity contribution in [2.24, 2.45) is 5.73 Å². The fourth-order valence-electron chi connectivity index (χ4n) is 2.28. The SMILES string of the molecule is CN(CCCC(=O)Nc1ccccc1CN)CC(C)(C)O. The van der Waals surface area contributed by atoms with Crippen LogP contribution >= 0.6 is 0 Å². The van der Waals surface area contributed by atoms with Gasteiger partial charge in [-0.3, -0.25) is 4.79 Å². The summed E-state index contributed by atoms with van der Waals surface area (Å²) in [6, 6.07) is 7.56. The zero-order chi connectivity index (χ0) is 15.9. The summed E-state index contributed by atoms with van der Waals surface area (Å²) in [6.45, 7) is 5.32. The summed E-state index contributed by atoms with van der Waals surface area (Å²) >= 11 is 0. The summed E-state index contributed by atoms with van der Waals surface area (Å²) in [6.07, 6.45) is 1.21. The molecule has 118 valence electrons. The molecule has 0 atom stereocenters. The first-order valence-electron chi connectivity index (χ1n) is 7.30. The molecule has 1 amide bonds. The fourth-order valence-corrected chi connectivity index (χ4v) is 2.28. The Labute approximate surface area is 127 Å². The Hall–Kier alpha value is -1.43. The number of hydrogen-bond acceptors (Lipinski definition) is 4. The monoisotopic (exact) mass is 293 g/mol. The molecular weight excluding hydrogens is 266 g/mol. The van der Waals surface area contributed by atoms with E-state index in [4.69, 9.17) is 5.73 Å². The average molecular weight is 293 g/mol. The summed E-state index contributed by atoms with van der Waals surface area (Å²) in [5, 5.41) is 12.6. The summed E-state index contributed by atoms with van der Waals surface area (Å²) in [4.78, 5) is 14.0. The van der Waals surface area contributed by atoms with Crippen molar-refractivity contribution in [2.75, 3.05) is 25.5 Å². The molecule has 21 heavy (non-hydrogen) atoms. The molecule has 5 heteroatoms. The molecule has 0 radical (unpaired) electrons. The van der Waals surface area contributed by atoms with E-state index in [0.29, 0.717) is 19.5 Å². The van der Waals surface area contributed by atoms with Crippen LogP contribution in [-0.4, -0.2) is 41.7 Å². The number of nitrogens with one attached hydrogen (secondary N) is 1. The highest BCUT2D eigenvalue weighted by Gasteiger charge is 2.15. The van der Waals surface area contributed by atoms with Crippen molar-refractivity contribution in [3.8, 4) is 0 Å². The molecule has 4 N–H and O–H groups in total. The number of aliphatic hydroxyl groups is 1. The average Bonchev–Trinajstić information content (AvgIpc) is 2.37. The highest BCUT2D eigenvalue weighted by molar-refractivity contribution is 5.91. The minimum absolute atomic E-state index is 0.00689. The van der Waals surface area contributed by atoms with Crippen molar-refractivity contribution >= 4 is 11.6 Å². The lowest BCUT2D eigenvalue weighted by atomic mass is 10.1. The van der Waals surface area contributed by atoms with Crippen molar-refractivity contribution < 1.29 is 9.90 Å². The van der Waals surface area contributed by atoms with Crippen LogP contribution in [0.15, 0.2) is 24.3 Å². The summed E-state index contributed by atoms with van der Waals surface area (Å²) in [5.41, 5.74) is 6.65. The van der Waals surface area contributed by atoms with Gasteiger partial charge < -0.3 is 21.1 Å². The number of nitrogens with zero attached hydrogens (tertiary/aromatic N) is 1. The van der Waals surface area contributed by atoms with Crippen LogP contribution < -0.4 is 11.1 Å². The Bertz CT molecular complexity index is 455. The van der Waals surface area contributed by atoms with Crippen LogP contribution in [0.2, 0.25) is 0 Å². The predicted octanol–water partition coefficient (Wildman–Crippen LogP) is 1.57. The summed E-state index contributed by atoms with van der Waals surface area (Å²) < 4.78 is 0. The number of benzene rings is 1. The topological polar surface area (TPSA) is 78.6 Å². The number of hydrogen-bond donors (Lipinski definition) is 3. The molecule has 1 aromatic rings. The molecule has 0 fully saturated rings. The number of anilines is 1. The van der Waals surface area contributed by atoms with E-state index >= 15 is 0 Å². The molecule has 0 aliphatic heterocycles. The Morgan fingerprint density at radius 2 is 2.05 bits per heavy atom. The van der Waals surface area contributed by atoms with E-state index in [1.807, 2.05) is 36.2 Å². The number of carbonyl (C=O) groups excluding carboxylic acids is 1. The summed E-state index contributed by atoms with van der Waals surface area (Å²) in [7, 11) is 1.94.